The first-order valence-corrected chi connectivity index (χ1v) is 7.42. The molecule has 0 spiro atoms. The van der Waals surface area contributed by atoms with Crippen molar-refractivity contribution in [3.05, 3.63) is 53.4 Å². The van der Waals surface area contributed by atoms with Crippen LogP contribution in [0.4, 0.5) is 13.2 Å². The molecule has 25 heavy (non-hydrogen) atoms. The number of nitrogens with two attached hydrogens (primary N) is 1. The minimum atomic E-state index is -4.42. The highest BCUT2D eigenvalue weighted by atomic mass is 19.4. The van der Waals surface area contributed by atoms with Gasteiger partial charge in [0.15, 0.2) is 12.0 Å². The predicted octanol–water partition coefficient (Wildman–Crippen LogP) is 3.00. The Bertz CT molecular complexity index is 889. The Kier molecular flexibility index (Phi) is 4.51. The van der Waals surface area contributed by atoms with Gasteiger partial charge in [0.1, 0.15) is 11.6 Å². The van der Waals surface area contributed by atoms with Crippen molar-refractivity contribution in [3.8, 4) is 11.1 Å². The molecule has 0 saturated carbocycles. The second-order valence-electron chi connectivity index (χ2n) is 5.50. The van der Waals surface area contributed by atoms with Crippen molar-refractivity contribution < 1.29 is 27.8 Å². The topological polar surface area (TPSA) is 92.5 Å². The molecule has 0 bridgehead atoms. The molecule has 1 heterocycles. The van der Waals surface area contributed by atoms with E-state index in [-0.39, 0.29) is 12.1 Å². The summed E-state index contributed by atoms with van der Waals surface area (Å²) in [6.07, 6.45) is -4.44. The fourth-order valence-electron chi connectivity index (χ4n) is 2.78. The van der Waals surface area contributed by atoms with Crippen molar-refractivity contribution >= 4 is 11.1 Å². The van der Waals surface area contributed by atoms with Gasteiger partial charge in [-0.05, 0) is 29.3 Å². The number of aromatic nitrogens is 1. The van der Waals surface area contributed by atoms with Crippen molar-refractivity contribution in [1.82, 2.24) is 4.98 Å². The maximum absolute atomic E-state index is 12.7. The minimum absolute atomic E-state index is 0.0523. The number of rotatable bonds is 4. The van der Waals surface area contributed by atoms with Crippen LogP contribution in [0.5, 0.6) is 0 Å². The zero-order valence-corrected chi connectivity index (χ0v) is 12.9. The number of alkyl halides is 3. The summed E-state index contributed by atoms with van der Waals surface area (Å²) in [5.74, 6) is 0. The number of benzene rings is 2. The van der Waals surface area contributed by atoms with Crippen LogP contribution in [-0.4, -0.2) is 21.8 Å². The van der Waals surface area contributed by atoms with Gasteiger partial charge >= 0.3 is 6.18 Å². The first kappa shape index (κ1) is 17.4. The largest absolute Gasteiger partial charge is 0.443 e. The molecule has 0 radical (unpaired) electrons. The van der Waals surface area contributed by atoms with Gasteiger partial charge in [-0.2, -0.15) is 13.2 Å². The van der Waals surface area contributed by atoms with E-state index in [4.69, 9.17) is 10.2 Å². The Morgan fingerprint density at radius 3 is 2.44 bits per heavy atom. The molecule has 4 N–H and O–H groups in total. The molecule has 3 rings (SSSR count). The lowest BCUT2D eigenvalue weighted by Crippen LogP contribution is -2.10. The average Bonchev–Trinajstić information content (AvgIpc) is 3.08. The van der Waals surface area contributed by atoms with Gasteiger partial charge < -0.3 is 20.4 Å². The van der Waals surface area contributed by atoms with Crippen LogP contribution in [0.1, 0.15) is 22.8 Å². The number of aliphatic hydroxyl groups excluding tert-OH is 2. The SMILES string of the molecule is NCc1cc(-c2ccc(C(F)(F)F)cc2)c2ncoc2c1C(O)CO. The molecule has 1 unspecified atom stereocenters. The van der Waals surface area contributed by atoms with Crippen LogP contribution in [0.3, 0.4) is 0 Å². The molecule has 5 nitrogen and oxygen atoms in total. The second kappa shape index (κ2) is 6.47. The van der Waals surface area contributed by atoms with E-state index in [2.05, 4.69) is 4.98 Å². The highest BCUT2D eigenvalue weighted by Gasteiger charge is 2.30. The smallest absolute Gasteiger partial charge is 0.416 e. The van der Waals surface area contributed by atoms with Crippen LogP contribution in [0.2, 0.25) is 0 Å². The van der Waals surface area contributed by atoms with Gasteiger partial charge in [0.05, 0.1) is 12.2 Å². The van der Waals surface area contributed by atoms with Crippen LogP contribution >= 0.6 is 0 Å². The van der Waals surface area contributed by atoms with Crippen molar-refractivity contribution in [2.24, 2.45) is 5.73 Å². The summed E-state index contributed by atoms with van der Waals surface area (Å²) in [6.45, 7) is -0.473. The summed E-state index contributed by atoms with van der Waals surface area (Å²) in [7, 11) is 0. The first-order valence-electron chi connectivity index (χ1n) is 7.42. The Morgan fingerprint density at radius 1 is 1.20 bits per heavy atom. The van der Waals surface area contributed by atoms with Crippen molar-refractivity contribution in [2.45, 2.75) is 18.8 Å². The number of oxazole rings is 1. The Hall–Kier alpha value is -2.42. The summed E-state index contributed by atoms with van der Waals surface area (Å²) in [6, 6.07) is 6.30. The standard InChI is InChI=1S/C17H15F3N2O3/c18-17(19,20)11-3-1-9(2-4-11)12-5-10(6-21)14(13(24)7-23)16-15(12)22-8-25-16/h1-5,8,13,23-24H,6-7,21H2. The molecule has 2 aromatic carbocycles. The van der Waals surface area contributed by atoms with Gasteiger partial charge in [0, 0.05) is 17.7 Å². The maximum Gasteiger partial charge on any atom is 0.416 e. The molecule has 0 amide bonds. The molecular formula is C17H15F3N2O3. The molecular weight excluding hydrogens is 337 g/mol. The Balaban J connectivity index is 2.19. The zero-order valence-electron chi connectivity index (χ0n) is 12.9. The first-order chi connectivity index (χ1) is 11.9. The number of halogens is 3. The van der Waals surface area contributed by atoms with Crippen LogP contribution in [0.15, 0.2) is 41.1 Å². The van der Waals surface area contributed by atoms with Crippen molar-refractivity contribution in [3.63, 3.8) is 0 Å². The molecule has 0 aliphatic heterocycles. The third-order valence-electron chi connectivity index (χ3n) is 3.98. The predicted molar refractivity (Wildman–Crippen MR) is 84.4 cm³/mol. The van der Waals surface area contributed by atoms with Gasteiger partial charge in [0.2, 0.25) is 0 Å². The van der Waals surface area contributed by atoms with Crippen LogP contribution in [-0.2, 0) is 12.7 Å². The molecule has 8 heteroatoms. The van der Waals surface area contributed by atoms with E-state index in [0.717, 1.165) is 12.1 Å². The molecule has 0 aliphatic carbocycles. The lowest BCUT2D eigenvalue weighted by atomic mass is 9.94. The quantitative estimate of drug-likeness (QED) is 0.671. The third kappa shape index (κ3) is 3.11. The van der Waals surface area contributed by atoms with E-state index in [0.29, 0.717) is 27.8 Å². The lowest BCUT2D eigenvalue weighted by molar-refractivity contribution is -0.137. The summed E-state index contributed by atoms with van der Waals surface area (Å²) < 4.78 is 43.5. The summed E-state index contributed by atoms with van der Waals surface area (Å²) in [4.78, 5) is 4.10. The van der Waals surface area contributed by atoms with Crippen LogP contribution < -0.4 is 5.73 Å². The van der Waals surface area contributed by atoms with E-state index < -0.39 is 24.5 Å². The van der Waals surface area contributed by atoms with Gasteiger partial charge in [-0.1, -0.05) is 12.1 Å². The van der Waals surface area contributed by atoms with Crippen LogP contribution in [0, 0.1) is 0 Å². The Labute approximate surface area is 140 Å². The molecule has 0 aliphatic rings. The second-order valence-corrected chi connectivity index (χ2v) is 5.50. The highest BCUT2D eigenvalue weighted by Crippen LogP contribution is 2.37. The maximum atomic E-state index is 12.7. The monoisotopic (exact) mass is 352 g/mol. The molecule has 132 valence electrons. The number of hydrogen-bond acceptors (Lipinski definition) is 5. The van der Waals surface area contributed by atoms with Gasteiger partial charge in [-0.15, -0.1) is 0 Å². The number of nitrogens with zero attached hydrogens (tertiary/aromatic N) is 1. The van der Waals surface area contributed by atoms with Crippen molar-refractivity contribution in [2.75, 3.05) is 6.61 Å². The number of fused-ring (bicyclic) bond motifs is 1. The van der Waals surface area contributed by atoms with E-state index in [1.165, 1.54) is 18.5 Å². The van der Waals surface area contributed by atoms with E-state index in [1.807, 2.05) is 0 Å². The van der Waals surface area contributed by atoms with Gasteiger partial charge in [0.25, 0.3) is 0 Å². The van der Waals surface area contributed by atoms with Gasteiger partial charge in [-0.25, -0.2) is 4.98 Å². The number of aliphatic hydroxyl groups is 2. The summed E-state index contributed by atoms with van der Waals surface area (Å²) in [5, 5.41) is 19.3. The summed E-state index contributed by atoms with van der Waals surface area (Å²) >= 11 is 0. The highest BCUT2D eigenvalue weighted by molar-refractivity contribution is 5.93. The van der Waals surface area contributed by atoms with Crippen molar-refractivity contribution in [1.29, 1.82) is 0 Å². The normalized spacial score (nSPS) is 13.4. The molecule has 0 fully saturated rings. The fourth-order valence-corrected chi connectivity index (χ4v) is 2.78. The zero-order chi connectivity index (χ0) is 18.2. The molecule has 1 atom stereocenters. The molecule has 0 saturated heterocycles. The van der Waals surface area contributed by atoms with Gasteiger partial charge in [-0.3, -0.25) is 0 Å². The lowest BCUT2D eigenvalue weighted by Gasteiger charge is -2.15. The van der Waals surface area contributed by atoms with E-state index >= 15 is 0 Å². The van der Waals surface area contributed by atoms with Crippen LogP contribution in [0.25, 0.3) is 22.2 Å². The fraction of sp³-hybridized carbons (Fsp3) is 0.235. The minimum Gasteiger partial charge on any atom is -0.443 e. The molecule has 3 aromatic rings. The van der Waals surface area contributed by atoms with E-state index in [1.54, 1.807) is 6.07 Å². The third-order valence-corrected chi connectivity index (χ3v) is 3.98. The Morgan fingerprint density at radius 2 is 1.88 bits per heavy atom. The number of hydrogen-bond donors (Lipinski definition) is 3. The average molecular weight is 352 g/mol. The summed E-state index contributed by atoms with van der Waals surface area (Å²) in [5.41, 5.74) is 7.48. The van der Waals surface area contributed by atoms with E-state index in [9.17, 15) is 23.4 Å². The molecule has 1 aromatic heterocycles.